The minimum absolute atomic E-state index is 0.0255. The molecular weight excluding hydrogens is 212 g/mol. The number of aryl methyl sites for hydroxylation is 2. The zero-order chi connectivity index (χ0) is 12.3. The van der Waals surface area contributed by atoms with Gasteiger partial charge < -0.3 is 10.4 Å². The predicted octanol–water partition coefficient (Wildman–Crippen LogP) is 0.912. The number of aliphatic hydroxyl groups is 1. The van der Waals surface area contributed by atoms with Crippen molar-refractivity contribution in [1.82, 2.24) is 9.78 Å². The summed E-state index contributed by atoms with van der Waals surface area (Å²) in [7, 11) is 0. The van der Waals surface area contributed by atoms with Crippen LogP contribution in [0.5, 0.6) is 0 Å². The van der Waals surface area contributed by atoms with E-state index in [1.807, 2.05) is 6.92 Å². The highest BCUT2D eigenvalue weighted by molar-refractivity contribution is 5.59. The highest BCUT2D eigenvalue weighted by Gasteiger charge is 2.24. The number of hydrogen-bond donors (Lipinski definition) is 2. The molecule has 2 N–H and O–H groups in total. The van der Waals surface area contributed by atoms with Gasteiger partial charge in [0, 0.05) is 13.1 Å². The molecule has 0 spiro atoms. The number of hydrogen-bond acceptors (Lipinski definition) is 5. The van der Waals surface area contributed by atoms with Crippen molar-refractivity contribution in [3.63, 3.8) is 0 Å². The molecular formula is C9H16N4O3. The largest absolute Gasteiger partial charge is 0.392 e. The molecule has 0 aromatic carbocycles. The fourth-order valence-electron chi connectivity index (χ4n) is 1.44. The molecule has 7 nitrogen and oxygen atoms in total. The summed E-state index contributed by atoms with van der Waals surface area (Å²) in [5.74, 6) is 0.353. The molecule has 90 valence electrons. The van der Waals surface area contributed by atoms with Gasteiger partial charge in [0.1, 0.15) is 5.69 Å². The first-order valence-corrected chi connectivity index (χ1v) is 5.11. The molecule has 0 fully saturated rings. The summed E-state index contributed by atoms with van der Waals surface area (Å²) in [4.78, 5) is 10.4. The van der Waals surface area contributed by atoms with Crippen molar-refractivity contribution >= 4 is 11.5 Å². The Labute approximate surface area is 93.2 Å². The Bertz CT molecular complexity index is 386. The molecule has 16 heavy (non-hydrogen) atoms. The van der Waals surface area contributed by atoms with Gasteiger partial charge in [0.2, 0.25) is 5.82 Å². The van der Waals surface area contributed by atoms with E-state index < -0.39 is 11.0 Å². The van der Waals surface area contributed by atoms with E-state index in [4.69, 9.17) is 5.11 Å². The third-order valence-corrected chi connectivity index (χ3v) is 2.14. The Morgan fingerprint density at radius 3 is 2.75 bits per heavy atom. The van der Waals surface area contributed by atoms with Gasteiger partial charge in [-0.2, -0.15) is 5.10 Å². The van der Waals surface area contributed by atoms with Crippen LogP contribution in [0.1, 0.15) is 19.5 Å². The van der Waals surface area contributed by atoms with Gasteiger partial charge in [-0.3, -0.25) is 10.1 Å². The fraction of sp³-hybridized carbons (Fsp3) is 0.667. The molecule has 0 aliphatic carbocycles. The summed E-state index contributed by atoms with van der Waals surface area (Å²) in [5, 5.41) is 26.9. The zero-order valence-electron chi connectivity index (χ0n) is 9.60. The number of nitrogens with zero attached hydrogens (tertiary/aromatic N) is 3. The molecule has 1 heterocycles. The summed E-state index contributed by atoms with van der Waals surface area (Å²) >= 11 is 0. The summed E-state index contributed by atoms with van der Waals surface area (Å²) < 4.78 is 1.52. The third-order valence-electron chi connectivity index (χ3n) is 2.14. The number of nitrogens with one attached hydrogen (secondary N) is 1. The maximum atomic E-state index is 10.9. The van der Waals surface area contributed by atoms with Crippen LogP contribution < -0.4 is 5.32 Å². The van der Waals surface area contributed by atoms with E-state index in [1.54, 1.807) is 13.8 Å². The Balaban J connectivity index is 3.06. The third kappa shape index (κ3) is 2.48. The van der Waals surface area contributed by atoms with Crippen molar-refractivity contribution in [2.75, 3.05) is 11.9 Å². The topological polar surface area (TPSA) is 93.2 Å². The first-order chi connectivity index (χ1) is 7.47. The standard InChI is InChI=1S/C9H16N4O3/c1-4-12-9(10-5-6(2)14)8(13(15)16)7(3)11-12/h6,10,14H,4-5H2,1-3H3. The van der Waals surface area contributed by atoms with Crippen LogP contribution in [-0.4, -0.2) is 32.5 Å². The first kappa shape index (κ1) is 12.4. The summed E-state index contributed by atoms with van der Waals surface area (Å²) in [6, 6.07) is 0. The number of anilines is 1. The van der Waals surface area contributed by atoms with Crippen molar-refractivity contribution in [3.05, 3.63) is 15.8 Å². The zero-order valence-corrected chi connectivity index (χ0v) is 9.60. The predicted molar refractivity (Wildman–Crippen MR) is 59.5 cm³/mol. The first-order valence-electron chi connectivity index (χ1n) is 5.11. The quantitative estimate of drug-likeness (QED) is 0.577. The van der Waals surface area contributed by atoms with Gasteiger partial charge in [0.15, 0.2) is 0 Å². The Morgan fingerprint density at radius 1 is 1.69 bits per heavy atom. The van der Waals surface area contributed by atoms with Crippen molar-refractivity contribution in [3.8, 4) is 0 Å². The highest BCUT2D eigenvalue weighted by atomic mass is 16.6. The summed E-state index contributed by atoms with van der Waals surface area (Å²) in [5.41, 5.74) is 0.349. The molecule has 1 atom stereocenters. The van der Waals surface area contributed by atoms with Gasteiger partial charge in [0.25, 0.3) is 0 Å². The second kappa shape index (κ2) is 4.93. The lowest BCUT2D eigenvalue weighted by Crippen LogP contribution is -2.18. The molecule has 0 bridgehead atoms. The molecule has 1 aromatic heterocycles. The van der Waals surface area contributed by atoms with Gasteiger partial charge in [-0.1, -0.05) is 0 Å². The molecule has 1 aromatic rings. The van der Waals surface area contributed by atoms with Gasteiger partial charge in [0.05, 0.1) is 11.0 Å². The van der Waals surface area contributed by atoms with Crippen LogP contribution in [0.4, 0.5) is 11.5 Å². The van der Waals surface area contributed by atoms with Crippen molar-refractivity contribution < 1.29 is 10.0 Å². The number of rotatable bonds is 5. The average Bonchev–Trinajstić information content (AvgIpc) is 2.51. The van der Waals surface area contributed by atoms with Crippen LogP contribution >= 0.6 is 0 Å². The second-order valence-corrected chi connectivity index (χ2v) is 3.59. The molecule has 1 rings (SSSR count). The lowest BCUT2D eigenvalue weighted by Gasteiger charge is -2.08. The Morgan fingerprint density at radius 2 is 2.31 bits per heavy atom. The van der Waals surface area contributed by atoms with Gasteiger partial charge in [-0.25, -0.2) is 4.68 Å². The van der Waals surface area contributed by atoms with Crippen molar-refractivity contribution in [2.45, 2.75) is 33.4 Å². The summed E-state index contributed by atoms with van der Waals surface area (Å²) in [6.45, 7) is 5.85. The summed E-state index contributed by atoms with van der Waals surface area (Å²) in [6.07, 6.45) is -0.569. The average molecular weight is 228 g/mol. The fourth-order valence-corrected chi connectivity index (χ4v) is 1.44. The van der Waals surface area contributed by atoms with E-state index >= 15 is 0 Å². The molecule has 0 amide bonds. The van der Waals surface area contributed by atoms with Crippen LogP contribution in [0.15, 0.2) is 0 Å². The van der Waals surface area contributed by atoms with Gasteiger partial charge in [-0.05, 0) is 20.8 Å². The smallest absolute Gasteiger partial charge is 0.333 e. The lowest BCUT2D eigenvalue weighted by molar-refractivity contribution is -0.384. The van der Waals surface area contributed by atoms with E-state index in [9.17, 15) is 10.1 Å². The Hall–Kier alpha value is -1.63. The second-order valence-electron chi connectivity index (χ2n) is 3.59. The van der Waals surface area contributed by atoms with Crippen molar-refractivity contribution in [2.24, 2.45) is 0 Å². The molecule has 1 unspecified atom stereocenters. The minimum Gasteiger partial charge on any atom is -0.392 e. The van der Waals surface area contributed by atoms with Crippen LogP contribution in [0.2, 0.25) is 0 Å². The number of aromatic nitrogens is 2. The van der Waals surface area contributed by atoms with Crippen molar-refractivity contribution in [1.29, 1.82) is 0 Å². The van der Waals surface area contributed by atoms with E-state index in [1.165, 1.54) is 4.68 Å². The maximum Gasteiger partial charge on any atom is 0.333 e. The van der Waals surface area contributed by atoms with Crippen LogP contribution in [0.3, 0.4) is 0 Å². The van der Waals surface area contributed by atoms with E-state index in [0.29, 0.717) is 18.1 Å². The monoisotopic (exact) mass is 228 g/mol. The molecule has 7 heteroatoms. The van der Waals surface area contributed by atoms with E-state index in [2.05, 4.69) is 10.4 Å². The van der Waals surface area contributed by atoms with E-state index in [0.717, 1.165) is 0 Å². The van der Waals surface area contributed by atoms with Crippen LogP contribution in [0, 0.1) is 17.0 Å². The SMILES string of the molecule is CCn1nc(C)c([N+](=O)[O-])c1NCC(C)O. The van der Waals surface area contributed by atoms with Gasteiger partial charge >= 0.3 is 5.69 Å². The van der Waals surface area contributed by atoms with Crippen LogP contribution in [-0.2, 0) is 6.54 Å². The highest BCUT2D eigenvalue weighted by Crippen LogP contribution is 2.27. The normalized spacial score (nSPS) is 12.5. The molecule has 0 radical (unpaired) electrons. The molecule has 0 saturated carbocycles. The van der Waals surface area contributed by atoms with E-state index in [-0.39, 0.29) is 12.2 Å². The lowest BCUT2D eigenvalue weighted by atomic mass is 10.3. The maximum absolute atomic E-state index is 10.9. The minimum atomic E-state index is -0.569. The van der Waals surface area contributed by atoms with Gasteiger partial charge in [-0.15, -0.1) is 0 Å². The molecule has 0 saturated heterocycles. The number of nitro groups is 1. The Kier molecular flexibility index (Phi) is 3.83. The number of aliphatic hydroxyl groups excluding tert-OH is 1. The molecule has 0 aliphatic rings. The van der Waals surface area contributed by atoms with Crippen LogP contribution in [0.25, 0.3) is 0 Å². The molecule has 0 aliphatic heterocycles.